The van der Waals surface area contributed by atoms with E-state index in [-0.39, 0.29) is 35.0 Å². The van der Waals surface area contributed by atoms with Gasteiger partial charge in [0.05, 0.1) is 32.5 Å². The fraction of sp³-hybridized carbons (Fsp3) is 0.524. The third kappa shape index (κ3) is 4.99. The lowest BCUT2D eigenvalue weighted by atomic mass is 9.99. The van der Waals surface area contributed by atoms with Crippen LogP contribution >= 0.6 is 23.1 Å². The number of hydrogen-bond donors (Lipinski definition) is 0. The number of benzene rings is 1. The van der Waals surface area contributed by atoms with E-state index in [1.165, 1.54) is 16.5 Å². The molecule has 2 aliphatic rings. The van der Waals surface area contributed by atoms with Gasteiger partial charge >= 0.3 is 0 Å². The Balaban J connectivity index is 1.14. The molecule has 2 aliphatic heterocycles. The van der Waals surface area contributed by atoms with Crippen LogP contribution in [0.25, 0.3) is 10.2 Å². The summed E-state index contributed by atoms with van der Waals surface area (Å²) in [5.41, 5.74) is 1.02. The summed E-state index contributed by atoms with van der Waals surface area (Å²) in [5, 5.41) is 9.50. The molecule has 2 saturated heterocycles. The van der Waals surface area contributed by atoms with Gasteiger partial charge in [-0.3, -0.25) is 4.79 Å². The molecule has 4 heterocycles. The number of para-hydroxylation sites is 1. The second-order valence-corrected chi connectivity index (χ2v) is 12.6. The average Bonchev–Trinajstić information content (AvgIpc) is 3.50. The van der Waals surface area contributed by atoms with Crippen molar-refractivity contribution in [3.8, 4) is 0 Å². The van der Waals surface area contributed by atoms with Crippen molar-refractivity contribution in [1.82, 2.24) is 20.1 Å². The molecular formula is C21H24N4O4S3. The summed E-state index contributed by atoms with van der Waals surface area (Å²) in [6, 6.07) is 8.14. The molecule has 2 atom stereocenters. The fourth-order valence-electron chi connectivity index (χ4n) is 4.34. The monoisotopic (exact) mass is 492 g/mol. The average molecular weight is 493 g/mol. The van der Waals surface area contributed by atoms with E-state index in [9.17, 15) is 13.2 Å². The van der Waals surface area contributed by atoms with Gasteiger partial charge in [-0.15, -0.1) is 21.5 Å². The summed E-state index contributed by atoms with van der Waals surface area (Å²) in [6.45, 7) is 1.44. The molecule has 11 heteroatoms. The smallest absolute Gasteiger partial charge is 0.277 e. The fourth-order valence-corrected chi connectivity index (χ4v) is 7.98. The summed E-state index contributed by atoms with van der Waals surface area (Å²) in [4.78, 5) is 19.5. The molecule has 170 valence electrons. The number of piperidine rings is 1. The van der Waals surface area contributed by atoms with Crippen LogP contribution in [0, 0.1) is 5.92 Å². The number of thiazole rings is 1. The molecule has 3 aromatic rings. The molecule has 1 aromatic carbocycles. The Hall–Kier alpha value is -1.98. The molecular weight excluding hydrogens is 468 g/mol. The van der Waals surface area contributed by atoms with Crippen LogP contribution in [0.2, 0.25) is 0 Å². The first kappa shape index (κ1) is 21.8. The van der Waals surface area contributed by atoms with Crippen molar-refractivity contribution in [3.05, 3.63) is 35.2 Å². The molecule has 2 fully saturated rings. The van der Waals surface area contributed by atoms with Gasteiger partial charge in [-0.2, -0.15) is 0 Å². The van der Waals surface area contributed by atoms with Crippen molar-refractivity contribution in [3.63, 3.8) is 0 Å². The number of carbonyl (C=O) groups is 1. The van der Waals surface area contributed by atoms with Crippen molar-refractivity contribution < 1.29 is 17.6 Å². The molecule has 32 heavy (non-hydrogen) atoms. The maximum Gasteiger partial charge on any atom is 0.277 e. The molecule has 0 radical (unpaired) electrons. The minimum absolute atomic E-state index is 0.0349. The Morgan fingerprint density at radius 3 is 2.94 bits per heavy atom. The second-order valence-electron chi connectivity index (χ2n) is 8.42. The Labute approximate surface area is 194 Å². The predicted molar refractivity (Wildman–Crippen MR) is 124 cm³/mol. The summed E-state index contributed by atoms with van der Waals surface area (Å²) in [5.74, 6) is 1.46. The summed E-state index contributed by atoms with van der Waals surface area (Å²) in [6.07, 6.45) is 3.11. The number of rotatable bonds is 6. The van der Waals surface area contributed by atoms with Crippen LogP contribution in [0.15, 0.2) is 33.9 Å². The molecule has 8 nitrogen and oxygen atoms in total. The normalized spacial score (nSPS) is 23.1. The first-order valence-corrected chi connectivity index (χ1v) is 14.4. The Kier molecular flexibility index (Phi) is 6.22. The highest BCUT2D eigenvalue weighted by Crippen LogP contribution is 2.33. The van der Waals surface area contributed by atoms with Crippen LogP contribution in [0.4, 0.5) is 0 Å². The van der Waals surface area contributed by atoms with Crippen molar-refractivity contribution in [1.29, 1.82) is 0 Å². The lowest BCUT2D eigenvalue weighted by molar-refractivity contribution is -0.129. The number of fused-ring (bicyclic) bond motifs is 1. The molecule has 0 bridgehead atoms. The van der Waals surface area contributed by atoms with Crippen LogP contribution in [-0.4, -0.2) is 64.8 Å². The van der Waals surface area contributed by atoms with Gasteiger partial charge in [0.15, 0.2) is 9.84 Å². The summed E-state index contributed by atoms with van der Waals surface area (Å²) in [7, 11) is -2.92. The number of amides is 1. The van der Waals surface area contributed by atoms with Crippen LogP contribution in [0.3, 0.4) is 0 Å². The molecule has 0 N–H and O–H groups in total. The third-order valence-corrected chi connectivity index (χ3v) is 9.83. The van der Waals surface area contributed by atoms with Gasteiger partial charge in [0.2, 0.25) is 11.8 Å². The summed E-state index contributed by atoms with van der Waals surface area (Å²) < 4.78 is 30.0. The van der Waals surface area contributed by atoms with E-state index in [0.29, 0.717) is 30.5 Å². The molecule has 2 aromatic heterocycles. The highest BCUT2D eigenvalue weighted by atomic mass is 32.2. The number of nitrogens with zero attached hydrogens (tertiary/aromatic N) is 4. The number of likely N-dealkylation sites (tertiary alicyclic amines) is 1. The highest BCUT2D eigenvalue weighted by Gasteiger charge is 2.30. The van der Waals surface area contributed by atoms with E-state index in [4.69, 9.17) is 9.40 Å². The predicted octanol–water partition coefficient (Wildman–Crippen LogP) is 3.15. The number of aromatic nitrogens is 3. The molecule has 0 unspecified atom stereocenters. The molecule has 0 saturated carbocycles. The number of hydrogen-bond acceptors (Lipinski definition) is 9. The second kappa shape index (κ2) is 9.11. The van der Waals surface area contributed by atoms with E-state index in [2.05, 4.69) is 16.3 Å². The number of thioether (sulfide) groups is 1. The zero-order chi connectivity index (χ0) is 22.1. The van der Waals surface area contributed by atoms with E-state index in [1.807, 2.05) is 23.1 Å². The molecule has 5 rings (SSSR count). The maximum atomic E-state index is 12.8. The standard InChI is InChI=1S/C21H24N4O4S3/c26-19(12-30-21-24-23-18(29-21)10-14-7-9-32(27,28)13-14)25-8-3-4-15(11-25)20-22-16-5-1-2-6-17(16)31-20/h1-2,5-6,14-15H,3-4,7-13H2/t14-,15+/m1/s1. The highest BCUT2D eigenvalue weighted by molar-refractivity contribution is 7.99. The topological polar surface area (TPSA) is 106 Å². The Bertz CT molecular complexity index is 1190. The first-order valence-electron chi connectivity index (χ1n) is 10.7. The minimum Gasteiger partial charge on any atom is -0.416 e. The van der Waals surface area contributed by atoms with Crippen LogP contribution in [-0.2, 0) is 21.1 Å². The lowest BCUT2D eigenvalue weighted by Crippen LogP contribution is -2.40. The van der Waals surface area contributed by atoms with E-state index >= 15 is 0 Å². The quantitative estimate of drug-likeness (QED) is 0.483. The SMILES string of the molecule is O=C(CSc1nnc(C[C@H]2CCS(=O)(=O)C2)o1)N1CCC[C@H](c2nc3ccccc3s2)C1. The van der Waals surface area contributed by atoms with Crippen molar-refractivity contribution in [2.24, 2.45) is 5.92 Å². The molecule has 0 spiro atoms. The van der Waals surface area contributed by atoms with Crippen LogP contribution in [0.5, 0.6) is 0 Å². The third-order valence-electron chi connectivity index (χ3n) is 5.99. The van der Waals surface area contributed by atoms with E-state index in [1.54, 1.807) is 11.3 Å². The number of sulfone groups is 1. The van der Waals surface area contributed by atoms with Gasteiger partial charge in [-0.05, 0) is 37.3 Å². The van der Waals surface area contributed by atoms with Gasteiger partial charge in [0.1, 0.15) is 0 Å². The zero-order valence-electron chi connectivity index (χ0n) is 17.5. The van der Waals surface area contributed by atoms with E-state index in [0.717, 1.165) is 29.9 Å². The van der Waals surface area contributed by atoms with Gasteiger partial charge in [-0.1, -0.05) is 23.9 Å². The van der Waals surface area contributed by atoms with Gasteiger partial charge < -0.3 is 9.32 Å². The maximum absolute atomic E-state index is 12.8. The minimum atomic E-state index is -2.92. The molecule has 0 aliphatic carbocycles. The first-order chi connectivity index (χ1) is 15.4. The van der Waals surface area contributed by atoms with Crippen molar-refractivity contribution >= 4 is 49.1 Å². The van der Waals surface area contributed by atoms with Crippen LogP contribution < -0.4 is 0 Å². The van der Waals surface area contributed by atoms with Crippen LogP contribution in [0.1, 0.15) is 36.1 Å². The van der Waals surface area contributed by atoms with Gasteiger partial charge in [-0.25, -0.2) is 13.4 Å². The van der Waals surface area contributed by atoms with Crippen molar-refractivity contribution in [2.45, 2.75) is 36.8 Å². The molecule has 1 amide bonds. The Morgan fingerprint density at radius 2 is 2.12 bits per heavy atom. The largest absolute Gasteiger partial charge is 0.416 e. The number of carbonyl (C=O) groups excluding carboxylic acids is 1. The van der Waals surface area contributed by atoms with Gasteiger partial charge in [0, 0.05) is 25.4 Å². The van der Waals surface area contributed by atoms with Crippen molar-refractivity contribution in [2.75, 3.05) is 30.3 Å². The van der Waals surface area contributed by atoms with E-state index < -0.39 is 9.84 Å². The lowest BCUT2D eigenvalue weighted by Gasteiger charge is -2.31. The van der Waals surface area contributed by atoms with Gasteiger partial charge in [0.25, 0.3) is 5.22 Å². The summed E-state index contributed by atoms with van der Waals surface area (Å²) >= 11 is 2.96. The zero-order valence-corrected chi connectivity index (χ0v) is 19.9. The Morgan fingerprint density at radius 1 is 1.25 bits per heavy atom.